The van der Waals surface area contributed by atoms with Crippen LogP contribution in [0.2, 0.25) is 0 Å². The van der Waals surface area contributed by atoms with Crippen LogP contribution < -0.4 is 0 Å². The first-order chi connectivity index (χ1) is 14.4. The molecule has 0 unspecified atom stereocenters. The molecule has 3 aromatic rings. The summed E-state index contributed by atoms with van der Waals surface area (Å²) in [5, 5.41) is 0. The first-order valence-corrected chi connectivity index (χ1v) is 11.5. The summed E-state index contributed by atoms with van der Waals surface area (Å²) in [7, 11) is -3.76. The summed E-state index contributed by atoms with van der Waals surface area (Å²) in [5.74, 6) is -0.179. The van der Waals surface area contributed by atoms with Crippen molar-refractivity contribution in [2.45, 2.75) is 44.2 Å². The van der Waals surface area contributed by atoms with Crippen LogP contribution in [0.1, 0.15) is 40.2 Å². The van der Waals surface area contributed by atoms with Gasteiger partial charge in [-0.2, -0.15) is 4.31 Å². The van der Waals surface area contributed by atoms with Crippen LogP contribution in [0.25, 0.3) is 0 Å². The smallest absolute Gasteiger partial charge is 0.245 e. The molecular formula is C23H25N3O3S. The van der Waals surface area contributed by atoms with Crippen LogP contribution in [0.5, 0.6) is 0 Å². The molecule has 0 radical (unpaired) electrons. The molecule has 7 heteroatoms. The number of Topliss-reactive ketones (excluding diaryl/α,β-unsaturated/α-hetero) is 1. The lowest BCUT2D eigenvalue weighted by atomic mass is 10.1. The number of aromatic nitrogens is 2. The number of benzene rings is 1. The first-order valence-electron chi connectivity index (χ1n) is 10.0. The summed E-state index contributed by atoms with van der Waals surface area (Å²) >= 11 is 0. The molecule has 4 rings (SSSR count). The van der Waals surface area contributed by atoms with Crippen LogP contribution in [0.15, 0.2) is 65.8 Å². The van der Waals surface area contributed by atoms with Gasteiger partial charge in [-0.15, -0.1) is 0 Å². The monoisotopic (exact) mass is 423 g/mol. The van der Waals surface area contributed by atoms with Crippen molar-refractivity contribution in [3.05, 3.63) is 83.4 Å². The van der Waals surface area contributed by atoms with Gasteiger partial charge < -0.3 is 4.57 Å². The predicted molar refractivity (Wildman–Crippen MR) is 115 cm³/mol. The molecule has 2 heterocycles. The van der Waals surface area contributed by atoms with Crippen molar-refractivity contribution in [1.82, 2.24) is 13.9 Å². The van der Waals surface area contributed by atoms with Crippen LogP contribution >= 0.6 is 0 Å². The summed E-state index contributed by atoms with van der Waals surface area (Å²) in [5.41, 5.74) is 3.57. The maximum atomic E-state index is 13.2. The standard InChI is InChI=1S/C23H25N3O3S/c1-17-13-22(18(2)25(17)15-19-7-4-3-5-8-19)23(27)16-26(20-10-11-20)30(28,29)21-9-6-12-24-14-21/h3-9,12-14,20H,10-11,15-16H2,1-2H3. The van der Waals surface area contributed by atoms with Gasteiger partial charge in [-0.3, -0.25) is 9.78 Å². The zero-order chi connectivity index (χ0) is 21.3. The van der Waals surface area contributed by atoms with Crippen LogP contribution in [0.3, 0.4) is 0 Å². The van der Waals surface area contributed by atoms with E-state index in [2.05, 4.69) is 21.7 Å². The molecule has 30 heavy (non-hydrogen) atoms. The van der Waals surface area contributed by atoms with E-state index in [1.807, 2.05) is 38.1 Å². The predicted octanol–water partition coefficient (Wildman–Crippen LogP) is 3.58. The highest BCUT2D eigenvalue weighted by Gasteiger charge is 2.39. The Balaban J connectivity index is 1.59. The second kappa shape index (κ2) is 8.16. The van der Waals surface area contributed by atoms with Gasteiger partial charge in [0.15, 0.2) is 5.78 Å². The van der Waals surface area contributed by atoms with E-state index >= 15 is 0 Å². The van der Waals surface area contributed by atoms with E-state index in [0.29, 0.717) is 12.1 Å². The fourth-order valence-corrected chi connectivity index (χ4v) is 5.33. The van der Waals surface area contributed by atoms with E-state index in [0.717, 1.165) is 29.8 Å². The average Bonchev–Trinajstić information content (AvgIpc) is 3.55. The number of sulfonamides is 1. The zero-order valence-electron chi connectivity index (χ0n) is 17.2. The number of pyridine rings is 1. The Bertz CT molecular complexity index is 1150. The van der Waals surface area contributed by atoms with Crippen LogP contribution in [0.4, 0.5) is 0 Å². The summed E-state index contributed by atoms with van der Waals surface area (Å²) in [6, 6.07) is 14.9. The van der Waals surface area contributed by atoms with Gasteiger partial charge in [0, 0.05) is 41.9 Å². The van der Waals surface area contributed by atoms with Gasteiger partial charge in [-0.05, 0) is 50.5 Å². The number of carbonyl (C=O) groups is 1. The Morgan fingerprint density at radius 1 is 1.13 bits per heavy atom. The third-order valence-electron chi connectivity index (χ3n) is 5.55. The molecule has 156 valence electrons. The highest BCUT2D eigenvalue weighted by molar-refractivity contribution is 7.89. The number of hydrogen-bond donors (Lipinski definition) is 0. The Hall–Kier alpha value is -2.77. The molecule has 2 aromatic heterocycles. The second-order valence-electron chi connectivity index (χ2n) is 7.75. The number of rotatable bonds is 8. The summed E-state index contributed by atoms with van der Waals surface area (Å²) in [4.78, 5) is 17.2. The lowest BCUT2D eigenvalue weighted by Crippen LogP contribution is -2.37. The molecule has 0 aliphatic heterocycles. The third kappa shape index (κ3) is 4.08. The van der Waals surface area contributed by atoms with Gasteiger partial charge in [-0.25, -0.2) is 8.42 Å². The van der Waals surface area contributed by atoms with Gasteiger partial charge in [0.2, 0.25) is 10.0 Å². The summed E-state index contributed by atoms with van der Waals surface area (Å²) < 4.78 is 29.7. The van der Waals surface area contributed by atoms with E-state index in [9.17, 15) is 13.2 Å². The molecular weight excluding hydrogens is 398 g/mol. The van der Waals surface area contributed by atoms with Crippen molar-refractivity contribution in [1.29, 1.82) is 0 Å². The minimum Gasteiger partial charge on any atom is -0.344 e. The number of aryl methyl sites for hydroxylation is 1. The largest absolute Gasteiger partial charge is 0.344 e. The zero-order valence-corrected chi connectivity index (χ0v) is 18.0. The summed E-state index contributed by atoms with van der Waals surface area (Å²) in [6.45, 7) is 4.40. The van der Waals surface area contributed by atoms with Crippen molar-refractivity contribution < 1.29 is 13.2 Å². The Kier molecular flexibility index (Phi) is 5.58. The normalized spacial score (nSPS) is 14.2. The molecule has 0 atom stereocenters. The van der Waals surface area contributed by atoms with Crippen molar-refractivity contribution in [3.8, 4) is 0 Å². The molecule has 0 amide bonds. The van der Waals surface area contributed by atoms with E-state index in [4.69, 9.17) is 0 Å². The van der Waals surface area contributed by atoms with Gasteiger partial charge >= 0.3 is 0 Å². The molecule has 1 saturated carbocycles. The van der Waals surface area contributed by atoms with Crippen molar-refractivity contribution in [2.24, 2.45) is 0 Å². The Morgan fingerprint density at radius 2 is 1.87 bits per heavy atom. The topological polar surface area (TPSA) is 72.3 Å². The Labute approximate surface area is 177 Å². The fraction of sp³-hybridized carbons (Fsp3) is 0.304. The van der Waals surface area contributed by atoms with Crippen molar-refractivity contribution in [2.75, 3.05) is 6.54 Å². The lowest BCUT2D eigenvalue weighted by molar-refractivity contribution is 0.0963. The Morgan fingerprint density at radius 3 is 2.50 bits per heavy atom. The number of carbonyl (C=O) groups excluding carboxylic acids is 1. The van der Waals surface area contributed by atoms with Crippen molar-refractivity contribution in [3.63, 3.8) is 0 Å². The van der Waals surface area contributed by atoms with Gasteiger partial charge in [0.1, 0.15) is 4.90 Å². The van der Waals surface area contributed by atoms with Gasteiger partial charge in [-0.1, -0.05) is 30.3 Å². The quantitative estimate of drug-likeness (QED) is 0.519. The van der Waals surface area contributed by atoms with E-state index in [1.165, 1.54) is 22.8 Å². The van der Waals surface area contributed by atoms with Gasteiger partial charge in [0.05, 0.1) is 6.54 Å². The van der Waals surface area contributed by atoms with E-state index in [-0.39, 0.29) is 23.3 Å². The van der Waals surface area contributed by atoms with Crippen molar-refractivity contribution >= 4 is 15.8 Å². The van der Waals surface area contributed by atoms with Crippen LogP contribution in [-0.4, -0.2) is 40.6 Å². The number of hydrogen-bond acceptors (Lipinski definition) is 4. The molecule has 0 N–H and O–H groups in total. The third-order valence-corrected chi connectivity index (χ3v) is 7.43. The van der Waals surface area contributed by atoms with Crippen LogP contribution in [-0.2, 0) is 16.6 Å². The van der Waals surface area contributed by atoms with E-state index < -0.39 is 10.0 Å². The maximum Gasteiger partial charge on any atom is 0.245 e. The number of nitrogens with zero attached hydrogens (tertiary/aromatic N) is 3. The summed E-state index contributed by atoms with van der Waals surface area (Å²) in [6.07, 6.45) is 4.42. The first kappa shape index (κ1) is 20.5. The molecule has 1 aliphatic rings. The number of ketones is 1. The lowest BCUT2D eigenvalue weighted by Gasteiger charge is -2.21. The molecule has 6 nitrogen and oxygen atoms in total. The minimum absolute atomic E-state index is 0.119. The molecule has 0 bridgehead atoms. The van der Waals surface area contributed by atoms with E-state index in [1.54, 1.807) is 6.07 Å². The molecule has 1 aliphatic carbocycles. The minimum atomic E-state index is -3.76. The van der Waals surface area contributed by atoms with Crippen LogP contribution in [0, 0.1) is 13.8 Å². The second-order valence-corrected chi connectivity index (χ2v) is 9.64. The average molecular weight is 424 g/mol. The molecule has 1 fully saturated rings. The molecule has 1 aromatic carbocycles. The molecule has 0 saturated heterocycles. The molecule has 0 spiro atoms. The fourth-order valence-electron chi connectivity index (χ4n) is 3.73. The highest BCUT2D eigenvalue weighted by atomic mass is 32.2. The highest BCUT2D eigenvalue weighted by Crippen LogP contribution is 2.32. The maximum absolute atomic E-state index is 13.2. The SMILES string of the molecule is Cc1cc(C(=O)CN(C2CC2)S(=O)(=O)c2cccnc2)c(C)n1Cc1ccccc1. The van der Waals surface area contributed by atoms with Gasteiger partial charge in [0.25, 0.3) is 0 Å².